The van der Waals surface area contributed by atoms with Crippen molar-refractivity contribution in [3.05, 3.63) is 59.2 Å². The fraction of sp³-hybridized carbons (Fsp3) is 0.423. The number of benzene rings is 2. The molecule has 2 aromatic carbocycles. The largest absolute Gasteiger partial charge is 0.452 e. The number of rotatable bonds is 8. The van der Waals surface area contributed by atoms with Gasteiger partial charge in [-0.3, -0.25) is 9.59 Å². The van der Waals surface area contributed by atoms with Crippen LogP contribution in [-0.4, -0.2) is 48.1 Å². The first-order valence-corrected chi connectivity index (χ1v) is 12.4. The molecule has 3 rings (SSSR count). The summed E-state index contributed by atoms with van der Waals surface area (Å²) in [5, 5.41) is 2.77. The van der Waals surface area contributed by atoms with Crippen molar-refractivity contribution in [2.75, 3.05) is 24.7 Å². The molecule has 0 atom stereocenters. The summed E-state index contributed by atoms with van der Waals surface area (Å²) in [6.45, 7) is 3.51. The molecule has 0 heterocycles. The highest BCUT2D eigenvalue weighted by molar-refractivity contribution is 8.00. The number of hydrogen-bond acceptors (Lipinski definition) is 5. The van der Waals surface area contributed by atoms with E-state index in [1.54, 1.807) is 18.2 Å². The topological polar surface area (TPSA) is 75.7 Å². The van der Waals surface area contributed by atoms with E-state index in [2.05, 4.69) is 5.32 Å². The van der Waals surface area contributed by atoms with Gasteiger partial charge in [0, 0.05) is 23.7 Å². The maximum atomic E-state index is 12.7. The molecule has 0 saturated heterocycles. The summed E-state index contributed by atoms with van der Waals surface area (Å²) < 4.78 is 5.26. The lowest BCUT2D eigenvalue weighted by molar-refractivity contribution is -0.129. The smallest absolute Gasteiger partial charge is 0.339 e. The summed E-state index contributed by atoms with van der Waals surface area (Å²) in [7, 11) is 1.87. The van der Waals surface area contributed by atoms with Crippen LogP contribution in [0.5, 0.6) is 0 Å². The Morgan fingerprint density at radius 3 is 2.52 bits per heavy atom. The predicted molar refractivity (Wildman–Crippen MR) is 132 cm³/mol. The van der Waals surface area contributed by atoms with Gasteiger partial charge in [0.2, 0.25) is 5.91 Å². The monoisotopic (exact) mass is 468 g/mol. The van der Waals surface area contributed by atoms with Crippen molar-refractivity contribution in [1.82, 2.24) is 4.90 Å². The lowest BCUT2D eigenvalue weighted by Crippen LogP contribution is -2.39. The van der Waals surface area contributed by atoms with Crippen LogP contribution in [0.25, 0.3) is 0 Å². The van der Waals surface area contributed by atoms with Crippen LogP contribution in [0.3, 0.4) is 0 Å². The molecule has 1 fully saturated rings. The number of thioether (sulfide) groups is 1. The van der Waals surface area contributed by atoms with E-state index in [9.17, 15) is 14.4 Å². The number of hydrogen-bond donors (Lipinski definition) is 1. The molecule has 6 nitrogen and oxygen atoms in total. The van der Waals surface area contributed by atoms with Gasteiger partial charge in [-0.2, -0.15) is 0 Å². The summed E-state index contributed by atoms with van der Waals surface area (Å²) in [5.41, 5.74) is 3.10. The third-order valence-electron chi connectivity index (χ3n) is 5.96. The molecule has 0 radical (unpaired) electrons. The number of carbonyl (C=O) groups excluding carboxylic acids is 3. The van der Waals surface area contributed by atoms with Gasteiger partial charge in [0.25, 0.3) is 5.91 Å². The normalized spacial score (nSPS) is 13.9. The number of ether oxygens (including phenoxy) is 1. The lowest BCUT2D eigenvalue weighted by Gasteiger charge is -2.31. The summed E-state index contributed by atoms with van der Waals surface area (Å²) in [4.78, 5) is 40.1. The molecule has 0 unspecified atom stereocenters. The Balaban J connectivity index is 1.53. The van der Waals surface area contributed by atoms with Gasteiger partial charge >= 0.3 is 5.97 Å². The minimum Gasteiger partial charge on any atom is -0.452 e. The molecular weight excluding hydrogens is 436 g/mol. The zero-order valence-electron chi connectivity index (χ0n) is 19.6. The van der Waals surface area contributed by atoms with E-state index in [0.29, 0.717) is 22.2 Å². The number of nitrogens with zero attached hydrogens (tertiary/aromatic N) is 1. The van der Waals surface area contributed by atoms with Gasteiger partial charge in [-0.15, -0.1) is 11.8 Å². The molecule has 0 spiro atoms. The fourth-order valence-electron chi connectivity index (χ4n) is 4.02. The second-order valence-electron chi connectivity index (χ2n) is 8.52. The summed E-state index contributed by atoms with van der Waals surface area (Å²) in [6.07, 6.45) is 5.69. The highest BCUT2D eigenvalue weighted by atomic mass is 32.2. The van der Waals surface area contributed by atoms with Gasteiger partial charge in [0.05, 0.1) is 11.3 Å². The number of aryl methyl sites for hydroxylation is 2. The van der Waals surface area contributed by atoms with Crippen LogP contribution in [0.2, 0.25) is 0 Å². The number of esters is 1. The Hall–Kier alpha value is -2.80. The summed E-state index contributed by atoms with van der Waals surface area (Å²) >= 11 is 1.32. The Labute approximate surface area is 200 Å². The fourth-order valence-corrected chi connectivity index (χ4v) is 4.99. The molecular formula is C26H32N2O4S. The Bertz CT molecular complexity index is 1000. The Morgan fingerprint density at radius 1 is 1.06 bits per heavy atom. The standard InChI is InChI=1S/C26H32N2O4S/c1-18-13-14-22(19(2)15-18)27-24(29)16-32-26(31)21-11-7-8-12-23(21)33-17-25(30)28(3)20-9-5-4-6-10-20/h7-8,11-15,20H,4-6,9-10,16-17H2,1-3H3,(H,27,29). The molecule has 33 heavy (non-hydrogen) atoms. The van der Waals surface area contributed by atoms with E-state index in [-0.39, 0.29) is 18.3 Å². The van der Waals surface area contributed by atoms with E-state index in [0.717, 1.165) is 24.0 Å². The number of anilines is 1. The van der Waals surface area contributed by atoms with Gasteiger partial charge in [0.1, 0.15) is 0 Å². The van der Waals surface area contributed by atoms with Crippen LogP contribution in [-0.2, 0) is 14.3 Å². The van der Waals surface area contributed by atoms with Crippen molar-refractivity contribution in [2.24, 2.45) is 0 Å². The third kappa shape index (κ3) is 7.09. The van der Waals surface area contributed by atoms with Crippen LogP contribution in [0.1, 0.15) is 53.6 Å². The maximum absolute atomic E-state index is 12.7. The quantitative estimate of drug-likeness (QED) is 0.437. The highest BCUT2D eigenvalue weighted by Crippen LogP contribution is 2.26. The Kier molecular flexibility index (Phi) is 8.95. The third-order valence-corrected chi connectivity index (χ3v) is 7.02. The average Bonchev–Trinajstić information content (AvgIpc) is 2.83. The van der Waals surface area contributed by atoms with Crippen molar-refractivity contribution in [3.8, 4) is 0 Å². The first kappa shape index (κ1) is 24.8. The second-order valence-corrected chi connectivity index (χ2v) is 9.54. The van der Waals surface area contributed by atoms with Crippen LogP contribution < -0.4 is 5.32 Å². The molecule has 2 aromatic rings. The van der Waals surface area contributed by atoms with Crippen LogP contribution >= 0.6 is 11.8 Å². The molecule has 176 valence electrons. The van der Waals surface area contributed by atoms with E-state index < -0.39 is 11.9 Å². The van der Waals surface area contributed by atoms with Crippen molar-refractivity contribution >= 4 is 35.2 Å². The Morgan fingerprint density at radius 2 is 1.79 bits per heavy atom. The predicted octanol–water partition coefficient (Wildman–Crippen LogP) is 4.98. The minimum absolute atomic E-state index is 0.0583. The highest BCUT2D eigenvalue weighted by Gasteiger charge is 2.23. The van der Waals surface area contributed by atoms with Crippen LogP contribution in [0, 0.1) is 13.8 Å². The van der Waals surface area contributed by atoms with Crippen LogP contribution in [0.15, 0.2) is 47.4 Å². The number of amides is 2. The van der Waals surface area contributed by atoms with Gasteiger partial charge in [-0.1, -0.05) is 49.1 Å². The molecule has 0 aromatic heterocycles. The first-order valence-electron chi connectivity index (χ1n) is 11.4. The summed E-state index contributed by atoms with van der Waals surface area (Å²) in [6, 6.07) is 13.0. The van der Waals surface area contributed by atoms with Crippen molar-refractivity contribution in [2.45, 2.75) is 56.9 Å². The van der Waals surface area contributed by atoms with E-state index in [1.165, 1.54) is 31.0 Å². The number of carbonyl (C=O) groups is 3. The van der Waals surface area contributed by atoms with Crippen LogP contribution in [0.4, 0.5) is 5.69 Å². The van der Waals surface area contributed by atoms with E-state index in [4.69, 9.17) is 4.74 Å². The van der Waals surface area contributed by atoms with E-state index >= 15 is 0 Å². The van der Waals surface area contributed by atoms with Gasteiger partial charge < -0.3 is 15.0 Å². The summed E-state index contributed by atoms with van der Waals surface area (Å²) in [5.74, 6) is -0.667. The van der Waals surface area contributed by atoms with Crippen molar-refractivity contribution < 1.29 is 19.1 Å². The maximum Gasteiger partial charge on any atom is 0.339 e. The minimum atomic E-state index is -0.582. The molecule has 0 aliphatic heterocycles. The SMILES string of the molecule is Cc1ccc(NC(=O)COC(=O)c2ccccc2SCC(=O)N(C)C2CCCCC2)c(C)c1. The average molecular weight is 469 g/mol. The molecule has 2 amide bonds. The molecule has 1 aliphatic rings. The van der Waals surface area contributed by atoms with Gasteiger partial charge in [-0.05, 0) is 50.5 Å². The van der Waals surface area contributed by atoms with Gasteiger partial charge in [-0.25, -0.2) is 4.79 Å². The molecule has 1 saturated carbocycles. The lowest BCUT2D eigenvalue weighted by atomic mass is 9.94. The molecule has 7 heteroatoms. The zero-order valence-corrected chi connectivity index (χ0v) is 20.4. The second kappa shape index (κ2) is 11.9. The van der Waals surface area contributed by atoms with E-state index in [1.807, 2.05) is 50.1 Å². The van der Waals surface area contributed by atoms with Crippen molar-refractivity contribution in [1.29, 1.82) is 0 Å². The first-order chi connectivity index (χ1) is 15.8. The molecule has 1 aliphatic carbocycles. The molecule has 1 N–H and O–H groups in total. The molecule has 0 bridgehead atoms. The zero-order chi connectivity index (χ0) is 23.8. The van der Waals surface area contributed by atoms with Crippen molar-refractivity contribution in [3.63, 3.8) is 0 Å². The number of nitrogens with one attached hydrogen (secondary N) is 1. The van der Waals surface area contributed by atoms with Gasteiger partial charge in [0.15, 0.2) is 6.61 Å².